The van der Waals surface area contributed by atoms with Crippen molar-refractivity contribution in [2.24, 2.45) is 17.8 Å². The Morgan fingerprint density at radius 2 is 1.86 bits per heavy atom. The van der Waals surface area contributed by atoms with Gasteiger partial charge < -0.3 is 9.15 Å². The van der Waals surface area contributed by atoms with Gasteiger partial charge >= 0.3 is 0 Å². The van der Waals surface area contributed by atoms with E-state index in [1.807, 2.05) is 30.3 Å². The average Bonchev–Trinajstić information content (AvgIpc) is 3.71. The monoisotopic (exact) mass is 505 g/mol. The minimum Gasteiger partial charge on any atom is -0.483 e. The maximum atomic E-state index is 14.1. The van der Waals surface area contributed by atoms with Crippen LogP contribution in [0, 0.1) is 23.6 Å². The molecule has 0 aliphatic heterocycles. The Labute approximate surface area is 213 Å². The molecule has 2 aromatic heterocycles. The van der Waals surface area contributed by atoms with Crippen LogP contribution >= 0.6 is 11.8 Å². The Hall–Kier alpha value is -3.20. The summed E-state index contributed by atoms with van der Waals surface area (Å²) in [6.07, 6.45) is 5.22. The van der Waals surface area contributed by atoms with Crippen LogP contribution < -0.4 is 4.74 Å². The third-order valence-electron chi connectivity index (χ3n) is 7.56. The average molecular weight is 506 g/mol. The first-order valence-electron chi connectivity index (χ1n) is 12.5. The molecule has 2 bridgehead atoms. The molecule has 2 heterocycles. The van der Waals surface area contributed by atoms with Crippen LogP contribution in [0.15, 0.2) is 64.2 Å². The van der Waals surface area contributed by atoms with E-state index in [-0.39, 0.29) is 24.2 Å². The van der Waals surface area contributed by atoms with Crippen molar-refractivity contribution in [3.05, 3.63) is 72.1 Å². The van der Waals surface area contributed by atoms with Gasteiger partial charge in [0.2, 0.25) is 11.8 Å². The smallest absolute Gasteiger partial charge is 0.247 e. The van der Waals surface area contributed by atoms with Crippen LogP contribution in [-0.4, -0.2) is 25.0 Å². The molecule has 0 spiro atoms. The highest BCUT2D eigenvalue weighted by Crippen LogP contribution is 2.52. The van der Waals surface area contributed by atoms with Crippen LogP contribution in [-0.2, 0) is 12.4 Å². The third kappa shape index (κ3) is 4.64. The molecular formula is C27H28FN5O2S. The normalized spacial score (nSPS) is 21.7. The second-order valence-corrected chi connectivity index (χ2v) is 10.7. The fourth-order valence-electron chi connectivity index (χ4n) is 5.83. The predicted molar refractivity (Wildman–Crippen MR) is 134 cm³/mol. The van der Waals surface area contributed by atoms with Gasteiger partial charge in [0.15, 0.2) is 22.5 Å². The Kier molecular flexibility index (Phi) is 6.48. The quantitative estimate of drug-likeness (QED) is 0.246. The van der Waals surface area contributed by atoms with Crippen molar-refractivity contribution in [1.29, 1.82) is 0 Å². The molecule has 2 fully saturated rings. The lowest BCUT2D eigenvalue weighted by molar-refractivity contribution is 0.215. The van der Waals surface area contributed by atoms with Crippen LogP contribution in [0.25, 0.3) is 11.5 Å². The summed E-state index contributed by atoms with van der Waals surface area (Å²) < 4.78 is 28.0. The summed E-state index contributed by atoms with van der Waals surface area (Å²) >= 11 is 1.52. The fraction of sp³-hybridized carbons (Fsp3) is 0.407. The van der Waals surface area contributed by atoms with Crippen LogP contribution in [0.1, 0.15) is 50.4 Å². The van der Waals surface area contributed by atoms with Crippen molar-refractivity contribution in [3.8, 4) is 17.2 Å². The van der Waals surface area contributed by atoms with Crippen molar-refractivity contribution >= 4 is 11.8 Å². The Balaban J connectivity index is 1.22. The molecule has 4 unspecified atom stereocenters. The lowest BCUT2D eigenvalue weighted by Gasteiger charge is -2.30. The molecule has 0 radical (unpaired) electrons. The number of ether oxygens (including phenoxy) is 1. The van der Waals surface area contributed by atoms with Crippen LogP contribution in [0.4, 0.5) is 4.39 Å². The van der Waals surface area contributed by atoms with Gasteiger partial charge in [0.05, 0.1) is 5.75 Å². The number of rotatable bonds is 9. The van der Waals surface area contributed by atoms with Gasteiger partial charge in [-0.3, -0.25) is 4.57 Å². The molecule has 2 aromatic carbocycles. The van der Waals surface area contributed by atoms with Crippen LogP contribution in [0.5, 0.6) is 5.75 Å². The maximum Gasteiger partial charge on any atom is 0.247 e. The van der Waals surface area contributed by atoms with E-state index in [1.165, 1.54) is 43.5 Å². The Morgan fingerprint density at radius 3 is 2.64 bits per heavy atom. The first-order valence-corrected chi connectivity index (χ1v) is 13.5. The van der Waals surface area contributed by atoms with Crippen molar-refractivity contribution < 1.29 is 13.5 Å². The molecule has 9 heteroatoms. The molecule has 0 saturated heterocycles. The zero-order valence-corrected chi connectivity index (χ0v) is 20.9. The van der Waals surface area contributed by atoms with Gasteiger partial charge in [-0.05, 0) is 68.2 Å². The molecule has 0 N–H and O–H groups in total. The van der Waals surface area contributed by atoms with Gasteiger partial charge in [-0.15, -0.1) is 20.4 Å². The van der Waals surface area contributed by atoms with E-state index in [0.717, 1.165) is 22.6 Å². The van der Waals surface area contributed by atoms with Crippen LogP contribution in [0.2, 0.25) is 0 Å². The summed E-state index contributed by atoms with van der Waals surface area (Å²) in [7, 11) is 0. The largest absolute Gasteiger partial charge is 0.483 e. The highest BCUT2D eigenvalue weighted by molar-refractivity contribution is 7.98. The van der Waals surface area contributed by atoms with Crippen LogP contribution in [0.3, 0.4) is 0 Å². The van der Waals surface area contributed by atoms with E-state index < -0.39 is 0 Å². The molecule has 36 heavy (non-hydrogen) atoms. The topological polar surface area (TPSA) is 78.9 Å². The minimum absolute atomic E-state index is 0.151. The number of hydrogen-bond donors (Lipinski definition) is 0. The van der Waals surface area contributed by atoms with Crippen molar-refractivity contribution in [2.45, 2.75) is 56.2 Å². The second-order valence-electron chi connectivity index (χ2n) is 9.72. The standard InChI is InChI=1S/C27H28FN5O2S/c1-17(21-14-18-11-12-20(21)13-18)33-24(15-34-23-10-6-5-9-22(23)28)29-32-27(33)36-16-25-30-31-26(35-25)19-7-3-2-4-8-19/h2-10,17-18,20-21H,11-16H2,1H3. The SMILES string of the molecule is CC(C1CC2CCC1C2)n1c(COc2ccccc2F)nnc1SCc1nnc(-c2ccccc2)o1. The number of thioether (sulfide) groups is 1. The molecular weight excluding hydrogens is 477 g/mol. The summed E-state index contributed by atoms with van der Waals surface area (Å²) in [5.74, 6) is 4.21. The molecule has 2 saturated carbocycles. The molecule has 0 amide bonds. The van der Waals surface area contributed by atoms with Gasteiger partial charge in [0, 0.05) is 11.6 Å². The number of para-hydroxylation sites is 1. The number of nitrogens with zero attached hydrogens (tertiary/aromatic N) is 5. The predicted octanol–water partition coefficient (Wildman–Crippen LogP) is 6.34. The first kappa shape index (κ1) is 23.2. The summed E-state index contributed by atoms with van der Waals surface area (Å²) in [6, 6.07) is 16.4. The van der Waals surface area contributed by atoms with Crippen molar-refractivity contribution in [1.82, 2.24) is 25.0 Å². The minimum atomic E-state index is -0.384. The van der Waals surface area contributed by atoms with Gasteiger partial charge in [-0.2, -0.15) is 0 Å². The highest BCUT2D eigenvalue weighted by Gasteiger charge is 2.43. The molecule has 7 nitrogen and oxygen atoms in total. The van der Waals surface area contributed by atoms with Gasteiger partial charge in [-0.1, -0.05) is 48.5 Å². The number of aromatic nitrogens is 5. The van der Waals surface area contributed by atoms with E-state index in [0.29, 0.717) is 29.3 Å². The van der Waals surface area contributed by atoms with E-state index in [2.05, 4.69) is 31.9 Å². The summed E-state index contributed by atoms with van der Waals surface area (Å²) in [5, 5.41) is 18.2. The lowest BCUT2D eigenvalue weighted by atomic mass is 9.84. The molecule has 4 aromatic rings. The molecule has 2 aliphatic carbocycles. The van der Waals surface area contributed by atoms with E-state index in [4.69, 9.17) is 9.15 Å². The summed E-state index contributed by atoms with van der Waals surface area (Å²) in [6.45, 7) is 2.41. The van der Waals surface area contributed by atoms with E-state index in [9.17, 15) is 4.39 Å². The van der Waals surface area contributed by atoms with Gasteiger partial charge in [0.1, 0.15) is 6.61 Å². The van der Waals surface area contributed by atoms with Gasteiger partial charge in [-0.25, -0.2) is 4.39 Å². The molecule has 186 valence electrons. The second kappa shape index (κ2) is 10.0. The number of halogens is 1. The lowest BCUT2D eigenvalue weighted by Crippen LogP contribution is -2.24. The van der Waals surface area contributed by atoms with Crippen molar-refractivity contribution in [2.75, 3.05) is 0 Å². The zero-order chi connectivity index (χ0) is 24.5. The number of benzene rings is 2. The first-order chi connectivity index (χ1) is 17.7. The number of hydrogen-bond acceptors (Lipinski definition) is 7. The Morgan fingerprint density at radius 1 is 1.03 bits per heavy atom. The molecule has 6 rings (SSSR count). The van der Waals surface area contributed by atoms with E-state index >= 15 is 0 Å². The molecule has 4 atom stereocenters. The summed E-state index contributed by atoms with van der Waals surface area (Å²) in [4.78, 5) is 0. The fourth-order valence-corrected chi connectivity index (χ4v) is 6.71. The maximum absolute atomic E-state index is 14.1. The Bertz CT molecular complexity index is 1330. The third-order valence-corrected chi connectivity index (χ3v) is 8.49. The highest BCUT2D eigenvalue weighted by atomic mass is 32.2. The van der Waals surface area contributed by atoms with Crippen molar-refractivity contribution in [3.63, 3.8) is 0 Å². The zero-order valence-electron chi connectivity index (χ0n) is 20.1. The molecule has 2 aliphatic rings. The summed E-state index contributed by atoms with van der Waals surface area (Å²) in [5.41, 5.74) is 0.891. The van der Waals surface area contributed by atoms with Gasteiger partial charge in [0.25, 0.3) is 0 Å². The van der Waals surface area contributed by atoms with E-state index in [1.54, 1.807) is 18.2 Å². The number of fused-ring (bicyclic) bond motifs is 2.